The van der Waals surface area contributed by atoms with E-state index in [4.69, 9.17) is 4.74 Å². The molecule has 2 fully saturated rings. The largest absolute Gasteiger partial charge is 0.444 e. The summed E-state index contributed by atoms with van der Waals surface area (Å²) in [4.78, 5) is 40.7. The van der Waals surface area contributed by atoms with Gasteiger partial charge < -0.3 is 25.2 Å². The summed E-state index contributed by atoms with van der Waals surface area (Å²) < 4.78 is 44.0. The number of rotatable bonds is 7. The lowest BCUT2D eigenvalue weighted by atomic mass is 9.93. The molecular formula is C26H37F3N4O4. The lowest BCUT2D eigenvalue weighted by molar-refractivity contribution is -0.137. The zero-order valence-corrected chi connectivity index (χ0v) is 21.7. The van der Waals surface area contributed by atoms with E-state index in [1.54, 1.807) is 4.90 Å². The Bertz CT molecular complexity index is 956. The van der Waals surface area contributed by atoms with Crippen molar-refractivity contribution in [3.63, 3.8) is 0 Å². The van der Waals surface area contributed by atoms with Gasteiger partial charge in [-0.05, 0) is 77.1 Å². The van der Waals surface area contributed by atoms with Crippen molar-refractivity contribution in [2.45, 2.75) is 64.3 Å². The second kappa shape index (κ2) is 12.1. The van der Waals surface area contributed by atoms with Gasteiger partial charge in [0.15, 0.2) is 0 Å². The summed E-state index contributed by atoms with van der Waals surface area (Å²) in [5, 5.41) is 5.28. The van der Waals surface area contributed by atoms with E-state index in [-0.39, 0.29) is 30.2 Å². The van der Waals surface area contributed by atoms with Gasteiger partial charge in [-0.2, -0.15) is 13.2 Å². The lowest BCUT2D eigenvalue weighted by Crippen LogP contribution is -2.43. The van der Waals surface area contributed by atoms with Crippen molar-refractivity contribution in [1.29, 1.82) is 0 Å². The summed E-state index contributed by atoms with van der Waals surface area (Å²) in [5.74, 6) is -0.563. The molecule has 2 N–H and O–H groups in total. The Kier molecular flexibility index (Phi) is 9.44. The molecule has 1 aromatic rings. The average Bonchev–Trinajstić information content (AvgIpc) is 3.27. The number of likely N-dealkylation sites (tertiary alicyclic amines) is 2. The summed E-state index contributed by atoms with van der Waals surface area (Å²) >= 11 is 0. The molecule has 206 valence electrons. The van der Waals surface area contributed by atoms with Crippen molar-refractivity contribution in [3.8, 4) is 0 Å². The maximum Gasteiger partial charge on any atom is 0.416 e. The molecule has 0 bridgehead atoms. The minimum absolute atomic E-state index is 0.0352. The molecule has 8 nitrogen and oxygen atoms in total. The van der Waals surface area contributed by atoms with Gasteiger partial charge in [-0.25, -0.2) is 4.79 Å². The first kappa shape index (κ1) is 28.7. The Morgan fingerprint density at radius 1 is 1.05 bits per heavy atom. The summed E-state index contributed by atoms with van der Waals surface area (Å²) in [7, 11) is 0. The highest BCUT2D eigenvalue weighted by molar-refractivity contribution is 5.96. The van der Waals surface area contributed by atoms with Crippen LogP contribution in [0.15, 0.2) is 24.3 Å². The van der Waals surface area contributed by atoms with Gasteiger partial charge in [0.25, 0.3) is 5.91 Å². The fraction of sp³-hybridized carbons (Fsp3) is 0.654. The van der Waals surface area contributed by atoms with Gasteiger partial charge in [-0.3, -0.25) is 9.59 Å². The molecule has 3 rings (SSSR count). The molecule has 0 unspecified atom stereocenters. The number of amides is 3. The highest BCUT2D eigenvalue weighted by Crippen LogP contribution is 2.29. The van der Waals surface area contributed by atoms with E-state index in [9.17, 15) is 27.6 Å². The zero-order valence-electron chi connectivity index (χ0n) is 21.7. The maximum absolute atomic E-state index is 12.8. The number of benzene rings is 1. The number of alkyl halides is 3. The fourth-order valence-electron chi connectivity index (χ4n) is 4.63. The fourth-order valence-corrected chi connectivity index (χ4v) is 4.63. The Hall–Kier alpha value is -2.82. The minimum Gasteiger partial charge on any atom is -0.444 e. The summed E-state index contributed by atoms with van der Waals surface area (Å²) in [6.07, 6.45) is -1.09. The molecule has 0 radical (unpaired) electrons. The number of ether oxygens (including phenoxy) is 1. The van der Waals surface area contributed by atoms with Gasteiger partial charge in [-0.1, -0.05) is 6.07 Å². The van der Waals surface area contributed by atoms with Crippen LogP contribution in [-0.4, -0.2) is 78.6 Å². The predicted octanol–water partition coefficient (Wildman–Crippen LogP) is 3.66. The molecule has 0 aromatic heterocycles. The van der Waals surface area contributed by atoms with Crippen molar-refractivity contribution < 1.29 is 32.3 Å². The number of carbonyl (C=O) groups excluding carboxylic acids is 3. The average molecular weight is 527 g/mol. The molecule has 0 saturated carbocycles. The van der Waals surface area contributed by atoms with E-state index < -0.39 is 23.2 Å². The normalized spacial score (nSPS) is 19.5. The summed E-state index contributed by atoms with van der Waals surface area (Å²) in [6.45, 7) is 9.16. The quantitative estimate of drug-likeness (QED) is 0.566. The van der Waals surface area contributed by atoms with Gasteiger partial charge in [0, 0.05) is 37.8 Å². The smallest absolute Gasteiger partial charge is 0.416 e. The van der Waals surface area contributed by atoms with Gasteiger partial charge >= 0.3 is 12.3 Å². The van der Waals surface area contributed by atoms with Crippen LogP contribution < -0.4 is 10.6 Å². The SMILES string of the molecule is CC(C)(C)OC(=O)N1CCC(CCN2CC[C@@H](NC(=O)CNC(=O)c3cccc(C(F)(F)F)c3)C2)CC1. The Labute approximate surface area is 215 Å². The molecule has 2 saturated heterocycles. The Balaban J connectivity index is 1.32. The number of piperidine rings is 1. The third kappa shape index (κ3) is 9.21. The number of halogens is 3. The van der Waals surface area contributed by atoms with Crippen molar-refractivity contribution in [2.75, 3.05) is 39.3 Å². The van der Waals surface area contributed by atoms with Gasteiger partial charge in [0.05, 0.1) is 12.1 Å². The first-order valence-electron chi connectivity index (χ1n) is 12.8. The predicted molar refractivity (Wildman–Crippen MR) is 132 cm³/mol. The molecule has 1 atom stereocenters. The van der Waals surface area contributed by atoms with Gasteiger partial charge in [0.1, 0.15) is 5.60 Å². The Morgan fingerprint density at radius 3 is 2.41 bits per heavy atom. The number of hydrogen-bond donors (Lipinski definition) is 2. The minimum atomic E-state index is -4.54. The van der Waals surface area contributed by atoms with Crippen molar-refractivity contribution in [1.82, 2.24) is 20.4 Å². The van der Waals surface area contributed by atoms with E-state index in [0.29, 0.717) is 25.6 Å². The van der Waals surface area contributed by atoms with E-state index in [2.05, 4.69) is 15.5 Å². The number of nitrogens with one attached hydrogen (secondary N) is 2. The van der Waals surface area contributed by atoms with Crippen molar-refractivity contribution in [3.05, 3.63) is 35.4 Å². The second-order valence-corrected chi connectivity index (χ2v) is 10.8. The molecule has 2 aliphatic rings. The first-order valence-corrected chi connectivity index (χ1v) is 12.8. The van der Waals surface area contributed by atoms with Crippen LogP contribution in [0.4, 0.5) is 18.0 Å². The third-order valence-corrected chi connectivity index (χ3v) is 6.62. The molecular weight excluding hydrogens is 489 g/mol. The van der Waals surface area contributed by atoms with Crippen LogP contribution in [0.5, 0.6) is 0 Å². The Morgan fingerprint density at radius 2 is 1.76 bits per heavy atom. The molecule has 3 amide bonds. The second-order valence-electron chi connectivity index (χ2n) is 10.8. The van der Waals surface area contributed by atoms with Gasteiger partial charge in [0.2, 0.25) is 5.91 Å². The number of carbonyl (C=O) groups is 3. The third-order valence-electron chi connectivity index (χ3n) is 6.62. The van der Waals surface area contributed by atoms with E-state index >= 15 is 0 Å². The van der Waals surface area contributed by atoms with Crippen LogP contribution in [-0.2, 0) is 15.7 Å². The van der Waals surface area contributed by atoms with Crippen LogP contribution in [0.25, 0.3) is 0 Å². The standard InChI is InChI=1S/C26H37F3N4O4/c1-25(2,3)37-24(36)33-13-8-18(9-14-33)7-11-32-12-10-21(17-32)31-22(34)16-30-23(35)19-5-4-6-20(15-19)26(27,28)29/h4-6,15,18,21H,7-14,16-17H2,1-3H3,(H,30,35)(H,31,34)/t21-/m1/s1. The van der Waals surface area contributed by atoms with Crippen LogP contribution in [0.2, 0.25) is 0 Å². The van der Waals surface area contributed by atoms with E-state index in [1.807, 2.05) is 20.8 Å². The molecule has 2 aliphatic heterocycles. The summed E-state index contributed by atoms with van der Waals surface area (Å²) in [6, 6.07) is 4.06. The summed E-state index contributed by atoms with van der Waals surface area (Å²) in [5.41, 5.74) is -1.56. The van der Waals surface area contributed by atoms with Crippen LogP contribution in [0, 0.1) is 5.92 Å². The van der Waals surface area contributed by atoms with Crippen LogP contribution in [0.3, 0.4) is 0 Å². The number of hydrogen-bond acceptors (Lipinski definition) is 5. The molecule has 11 heteroatoms. The molecule has 2 heterocycles. The zero-order chi connectivity index (χ0) is 27.2. The van der Waals surface area contributed by atoms with Crippen molar-refractivity contribution >= 4 is 17.9 Å². The highest BCUT2D eigenvalue weighted by Gasteiger charge is 2.31. The topological polar surface area (TPSA) is 91.0 Å². The van der Waals surface area contributed by atoms with Crippen molar-refractivity contribution in [2.24, 2.45) is 5.92 Å². The van der Waals surface area contributed by atoms with Gasteiger partial charge in [-0.15, -0.1) is 0 Å². The maximum atomic E-state index is 12.8. The molecule has 1 aromatic carbocycles. The highest BCUT2D eigenvalue weighted by atomic mass is 19.4. The van der Waals surface area contributed by atoms with Crippen LogP contribution >= 0.6 is 0 Å². The number of nitrogens with zero attached hydrogens (tertiary/aromatic N) is 2. The monoisotopic (exact) mass is 526 g/mol. The van der Waals surface area contributed by atoms with E-state index in [1.165, 1.54) is 6.07 Å². The molecule has 37 heavy (non-hydrogen) atoms. The first-order chi connectivity index (χ1) is 17.3. The van der Waals surface area contributed by atoms with Crippen LogP contribution in [0.1, 0.15) is 62.4 Å². The lowest BCUT2D eigenvalue weighted by Gasteiger charge is -2.34. The van der Waals surface area contributed by atoms with E-state index in [0.717, 1.165) is 57.0 Å². The molecule has 0 aliphatic carbocycles. The molecule has 0 spiro atoms.